The van der Waals surface area contributed by atoms with Crippen molar-refractivity contribution in [1.82, 2.24) is 14.7 Å². The van der Waals surface area contributed by atoms with Gasteiger partial charge in [-0.2, -0.15) is 5.10 Å². The molecule has 7 heteroatoms. The van der Waals surface area contributed by atoms with Gasteiger partial charge in [0.05, 0.1) is 24.8 Å². The first-order chi connectivity index (χ1) is 11.5. The number of nitrogens with zero attached hydrogens (tertiary/aromatic N) is 3. The van der Waals surface area contributed by atoms with E-state index in [1.807, 2.05) is 6.20 Å². The molecule has 1 aliphatic rings. The van der Waals surface area contributed by atoms with Gasteiger partial charge < -0.3 is 5.11 Å². The number of imide groups is 1. The van der Waals surface area contributed by atoms with E-state index in [1.165, 1.54) is 0 Å². The molecule has 1 saturated heterocycles. The molecular formula is C17H18ClN3O3. The second-order valence-corrected chi connectivity index (χ2v) is 6.41. The first kappa shape index (κ1) is 16.7. The molecule has 0 bridgehead atoms. The van der Waals surface area contributed by atoms with Crippen molar-refractivity contribution in [3.05, 3.63) is 52.8 Å². The minimum absolute atomic E-state index is 0.0784. The van der Waals surface area contributed by atoms with Crippen molar-refractivity contribution >= 4 is 23.4 Å². The molecule has 2 heterocycles. The molecule has 1 aromatic heterocycles. The normalized spacial score (nSPS) is 19.1. The van der Waals surface area contributed by atoms with Crippen LogP contribution in [-0.2, 0) is 23.1 Å². The van der Waals surface area contributed by atoms with Crippen LogP contribution in [0.25, 0.3) is 0 Å². The van der Waals surface area contributed by atoms with E-state index in [1.54, 1.807) is 42.2 Å². The third-order valence-corrected chi connectivity index (χ3v) is 4.54. The van der Waals surface area contributed by atoms with Crippen molar-refractivity contribution in [3.8, 4) is 0 Å². The molecule has 0 saturated carbocycles. The van der Waals surface area contributed by atoms with Gasteiger partial charge in [-0.05, 0) is 18.1 Å². The number of aromatic nitrogens is 2. The van der Waals surface area contributed by atoms with Crippen LogP contribution in [0, 0.1) is 5.92 Å². The lowest BCUT2D eigenvalue weighted by molar-refractivity contribution is -0.141. The zero-order chi connectivity index (χ0) is 17.3. The van der Waals surface area contributed by atoms with Crippen LogP contribution in [0.3, 0.4) is 0 Å². The summed E-state index contributed by atoms with van der Waals surface area (Å²) < 4.78 is 1.66. The molecule has 1 aliphatic heterocycles. The number of β-amino-alcohol motifs (C(OH)–C–C–N with tert-alkyl or cyclic N) is 1. The Hall–Kier alpha value is -2.18. The Bertz CT molecular complexity index is 774. The van der Waals surface area contributed by atoms with E-state index in [0.717, 1.165) is 10.5 Å². The number of carbonyl (C=O) groups is 2. The average molecular weight is 348 g/mol. The van der Waals surface area contributed by atoms with E-state index in [9.17, 15) is 14.7 Å². The standard InChI is InChI=1S/C17H18ClN3O3/c1-20-9-11(8-19-20)6-12-7-16(23)21(17(12)24)10-15(22)13-4-2-3-5-14(13)18/h2-5,8-9,12,15,22H,6-7,10H2,1H3/t12-,15+/m1/s1. The van der Waals surface area contributed by atoms with E-state index in [-0.39, 0.29) is 24.8 Å². The molecule has 24 heavy (non-hydrogen) atoms. The highest BCUT2D eigenvalue weighted by Gasteiger charge is 2.39. The van der Waals surface area contributed by atoms with E-state index >= 15 is 0 Å². The molecule has 0 unspecified atom stereocenters. The summed E-state index contributed by atoms with van der Waals surface area (Å²) >= 11 is 6.06. The molecule has 1 fully saturated rings. The van der Waals surface area contributed by atoms with E-state index in [0.29, 0.717) is 17.0 Å². The summed E-state index contributed by atoms with van der Waals surface area (Å²) in [6.45, 7) is -0.0784. The predicted molar refractivity (Wildman–Crippen MR) is 88.2 cm³/mol. The zero-order valence-electron chi connectivity index (χ0n) is 13.2. The third kappa shape index (κ3) is 3.34. The molecule has 2 aromatic rings. The summed E-state index contributed by atoms with van der Waals surface area (Å²) in [6.07, 6.45) is 3.15. The fraction of sp³-hybridized carbons (Fsp3) is 0.353. The van der Waals surface area contributed by atoms with Crippen LogP contribution in [0.15, 0.2) is 36.7 Å². The quantitative estimate of drug-likeness (QED) is 0.836. The topological polar surface area (TPSA) is 75.4 Å². The molecule has 126 valence electrons. The van der Waals surface area contributed by atoms with Gasteiger partial charge in [0, 0.05) is 30.3 Å². The number of aliphatic hydroxyl groups excluding tert-OH is 1. The van der Waals surface area contributed by atoms with Crippen molar-refractivity contribution in [2.24, 2.45) is 13.0 Å². The fourth-order valence-electron chi connectivity index (χ4n) is 2.98. The summed E-state index contributed by atoms with van der Waals surface area (Å²) in [7, 11) is 1.80. The summed E-state index contributed by atoms with van der Waals surface area (Å²) in [5.41, 5.74) is 1.42. The van der Waals surface area contributed by atoms with Crippen molar-refractivity contribution < 1.29 is 14.7 Å². The number of halogens is 1. The maximum absolute atomic E-state index is 12.5. The second-order valence-electron chi connectivity index (χ2n) is 6.01. The lowest BCUT2D eigenvalue weighted by atomic mass is 10.0. The Kier molecular flexibility index (Phi) is 4.69. The lowest BCUT2D eigenvalue weighted by Crippen LogP contribution is -2.35. The minimum Gasteiger partial charge on any atom is -0.386 e. The van der Waals surface area contributed by atoms with E-state index in [2.05, 4.69) is 5.10 Å². The monoisotopic (exact) mass is 347 g/mol. The smallest absolute Gasteiger partial charge is 0.233 e. The Labute approximate surface area is 144 Å². The minimum atomic E-state index is -0.997. The number of carbonyl (C=O) groups excluding carboxylic acids is 2. The highest BCUT2D eigenvalue weighted by Crippen LogP contribution is 2.28. The second kappa shape index (κ2) is 6.75. The number of likely N-dealkylation sites (tertiary alicyclic amines) is 1. The van der Waals surface area contributed by atoms with Crippen LogP contribution in [-0.4, -0.2) is 38.1 Å². The number of aliphatic hydroxyl groups is 1. The molecule has 0 radical (unpaired) electrons. The first-order valence-electron chi connectivity index (χ1n) is 7.70. The zero-order valence-corrected chi connectivity index (χ0v) is 14.0. The summed E-state index contributed by atoms with van der Waals surface area (Å²) in [5.74, 6) is -0.921. The molecule has 1 aromatic carbocycles. The van der Waals surface area contributed by atoms with Crippen LogP contribution in [0.2, 0.25) is 5.02 Å². The Balaban J connectivity index is 1.69. The van der Waals surface area contributed by atoms with Gasteiger partial charge in [-0.1, -0.05) is 29.8 Å². The molecule has 1 N–H and O–H groups in total. The first-order valence-corrected chi connectivity index (χ1v) is 8.07. The largest absolute Gasteiger partial charge is 0.386 e. The van der Waals surface area contributed by atoms with Gasteiger partial charge in [0.2, 0.25) is 11.8 Å². The number of hydrogen-bond donors (Lipinski definition) is 1. The highest BCUT2D eigenvalue weighted by atomic mass is 35.5. The van der Waals surface area contributed by atoms with Gasteiger partial charge >= 0.3 is 0 Å². The van der Waals surface area contributed by atoms with Crippen LogP contribution in [0.5, 0.6) is 0 Å². The van der Waals surface area contributed by atoms with Gasteiger partial charge in [0.25, 0.3) is 0 Å². The number of benzene rings is 1. The summed E-state index contributed by atoms with van der Waals surface area (Å²) in [4.78, 5) is 25.8. The number of amides is 2. The van der Waals surface area contributed by atoms with Gasteiger partial charge in [0.15, 0.2) is 0 Å². The van der Waals surface area contributed by atoms with Crippen LogP contribution in [0.1, 0.15) is 23.7 Å². The number of aryl methyl sites for hydroxylation is 1. The van der Waals surface area contributed by atoms with Crippen LogP contribution in [0.4, 0.5) is 0 Å². The predicted octanol–water partition coefficient (Wildman–Crippen LogP) is 1.72. The van der Waals surface area contributed by atoms with Crippen LogP contribution >= 0.6 is 11.6 Å². The summed E-state index contributed by atoms with van der Waals surface area (Å²) in [5, 5.41) is 14.8. The van der Waals surface area contributed by atoms with Crippen molar-refractivity contribution in [2.75, 3.05) is 6.54 Å². The number of rotatable bonds is 5. The van der Waals surface area contributed by atoms with Crippen LogP contribution < -0.4 is 0 Å². The highest BCUT2D eigenvalue weighted by molar-refractivity contribution is 6.31. The Morgan fingerprint density at radius 3 is 2.79 bits per heavy atom. The fourth-order valence-corrected chi connectivity index (χ4v) is 3.24. The molecule has 0 spiro atoms. The molecule has 2 atom stereocenters. The van der Waals surface area contributed by atoms with Crippen molar-refractivity contribution in [2.45, 2.75) is 18.9 Å². The molecule has 3 rings (SSSR count). The van der Waals surface area contributed by atoms with Gasteiger partial charge in [-0.25, -0.2) is 0 Å². The SMILES string of the molecule is Cn1cc(C[C@@H]2CC(=O)N(C[C@H](O)c3ccccc3Cl)C2=O)cn1. The third-order valence-electron chi connectivity index (χ3n) is 4.20. The maximum Gasteiger partial charge on any atom is 0.233 e. The molecule has 2 amide bonds. The summed E-state index contributed by atoms with van der Waals surface area (Å²) in [6, 6.07) is 6.86. The van der Waals surface area contributed by atoms with E-state index in [4.69, 9.17) is 11.6 Å². The van der Waals surface area contributed by atoms with E-state index < -0.39 is 12.0 Å². The van der Waals surface area contributed by atoms with Crippen molar-refractivity contribution in [3.63, 3.8) is 0 Å². The molecule has 6 nitrogen and oxygen atoms in total. The molecular weight excluding hydrogens is 330 g/mol. The van der Waals surface area contributed by atoms with Gasteiger partial charge in [-0.3, -0.25) is 19.2 Å². The average Bonchev–Trinajstić information content (AvgIpc) is 3.06. The van der Waals surface area contributed by atoms with Crippen molar-refractivity contribution in [1.29, 1.82) is 0 Å². The van der Waals surface area contributed by atoms with Gasteiger partial charge in [-0.15, -0.1) is 0 Å². The Morgan fingerprint density at radius 2 is 2.12 bits per heavy atom. The number of hydrogen-bond acceptors (Lipinski definition) is 4. The maximum atomic E-state index is 12.5. The lowest BCUT2D eigenvalue weighted by Gasteiger charge is -2.20. The molecule has 0 aliphatic carbocycles. The van der Waals surface area contributed by atoms with Gasteiger partial charge in [0.1, 0.15) is 0 Å². The Morgan fingerprint density at radius 1 is 1.38 bits per heavy atom.